The maximum Gasteiger partial charge on any atom is 0.269 e. The molecule has 0 amide bonds. The van der Waals surface area contributed by atoms with Gasteiger partial charge in [0.1, 0.15) is 0 Å². The molecule has 0 radical (unpaired) electrons. The van der Waals surface area contributed by atoms with Crippen molar-refractivity contribution in [2.75, 3.05) is 31.2 Å². The molecule has 6 nitrogen and oxygen atoms in total. The number of ether oxygens (including phenoxy) is 2. The molecule has 2 aromatic rings. The molecule has 1 unspecified atom stereocenters. The fraction of sp³-hybridized carbons (Fsp3) is 0.400. The number of fused-ring (bicyclic) bond motifs is 3. The van der Waals surface area contributed by atoms with Crippen LogP contribution in [0.4, 0.5) is 11.4 Å². The van der Waals surface area contributed by atoms with Crippen LogP contribution in [0.2, 0.25) is 0 Å². The summed E-state index contributed by atoms with van der Waals surface area (Å²) in [4.78, 5) is 13.2. The fourth-order valence-corrected chi connectivity index (χ4v) is 4.03. The van der Waals surface area contributed by atoms with Crippen molar-refractivity contribution in [3.8, 4) is 11.1 Å². The minimum Gasteiger partial charge on any atom is -0.372 e. The number of nitro groups is 1. The van der Waals surface area contributed by atoms with Crippen LogP contribution in [0, 0.1) is 10.1 Å². The Hall–Kier alpha value is -2.44. The second-order valence-corrected chi connectivity index (χ2v) is 6.56. The molecule has 1 atom stereocenters. The summed E-state index contributed by atoms with van der Waals surface area (Å²) in [5.41, 5.74) is 5.42. The summed E-state index contributed by atoms with van der Waals surface area (Å²) < 4.78 is 11.6. The first-order valence-electron chi connectivity index (χ1n) is 9.04. The van der Waals surface area contributed by atoms with E-state index in [0.717, 1.165) is 41.0 Å². The third kappa shape index (κ3) is 2.66. The van der Waals surface area contributed by atoms with Crippen LogP contribution in [-0.2, 0) is 9.47 Å². The lowest BCUT2D eigenvalue weighted by atomic mass is 9.95. The lowest BCUT2D eigenvalue weighted by Crippen LogP contribution is -2.23. The van der Waals surface area contributed by atoms with Gasteiger partial charge in [0.15, 0.2) is 6.29 Å². The summed E-state index contributed by atoms with van der Waals surface area (Å²) >= 11 is 0. The van der Waals surface area contributed by atoms with Crippen molar-refractivity contribution in [3.05, 3.63) is 57.6 Å². The molecule has 26 heavy (non-hydrogen) atoms. The summed E-state index contributed by atoms with van der Waals surface area (Å²) in [6.45, 7) is 7.22. The van der Waals surface area contributed by atoms with Gasteiger partial charge in [-0.05, 0) is 54.3 Å². The number of anilines is 1. The molecule has 0 saturated carbocycles. The lowest BCUT2D eigenvalue weighted by Gasteiger charge is -2.24. The van der Waals surface area contributed by atoms with Crippen molar-refractivity contribution in [1.29, 1.82) is 0 Å². The predicted octanol–water partition coefficient (Wildman–Crippen LogP) is 3.93. The highest BCUT2D eigenvalue weighted by atomic mass is 16.7. The molecule has 2 aromatic carbocycles. The zero-order valence-corrected chi connectivity index (χ0v) is 15.0. The quantitative estimate of drug-likeness (QED) is 0.601. The molecule has 2 aliphatic rings. The largest absolute Gasteiger partial charge is 0.372 e. The molecule has 0 aromatic heterocycles. The van der Waals surface area contributed by atoms with Crippen LogP contribution >= 0.6 is 0 Å². The number of non-ortho nitro benzene ring substituents is 1. The monoisotopic (exact) mass is 354 g/mol. The molecule has 6 heteroatoms. The summed E-state index contributed by atoms with van der Waals surface area (Å²) in [7, 11) is 0. The molecule has 136 valence electrons. The average Bonchev–Trinajstić information content (AvgIpc) is 3.27. The zero-order valence-electron chi connectivity index (χ0n) is 15.0. The first kappa shape index (κ1) is 17.0. The third-order valence-electron chi connectivity index (χ3n) is 5.29. The van der Waals surface area contributed by atoms with E-state index in [1.807, 2.05) is 6.07 Å². The number of hydrogen-bond acceptors (Lipinski definition) is 5. The van der Waals surface area contributed by atoms with Crippen molar-refractivity contribution in [2.45, 2.75) is 26.1 Å². The maximum absolute atomic E-state index is 11.3. The van der Waals surface area contributed by atoms with E-state index < -0.39 is 6.29 Å². The van der Waals surface area contributed by atoms with Gasteiger partial charge in [0.25, 0.3) is 5.69 Å². The zero-order chi connectivity index (χ0) is 18.3. The molecule has 0 spiro atoms. The van der Waals surface area contributed by atoms with Crippen molar-refractivity contribution in [3.63, 3.8) is 0 Å². The van der Waals surface area contributed by atoms with E-state index in [-0.39, 0.29) is 16.5 Å². The topological polar surface area (TPSA) is 64.8 Å². The highest BCUT2D eigenvalue weighted by Gasteiger charge is 2.39. The van der Waals surface area contributed by atoms with Crippen LogP contribution in [-0.4, -0.2) is 37.5 Å². The standard InChI is InChI=1S/C20H22N2O4/c1-3-21(4-2)13-5-7-15-16-8-6-14(22(23)24)12-18(16)19(17(15)11-13)20-25-9-10-26-20/h5-8,11-12,19-20H,3-4,9-10H2,1-2H3. The van der Waals surface area contributed by atoms with Crippen molar-refractivity contribution in [1.82, 2.24) is 0 Å². The van der Waals surface area contributed by atoms with Crippen LogP contribution < -0.4 is 4.90 Å². The van der Waals surface area contributed by atoms with E-state index in [9.17, 15) is 10.1 Å². The second-order valence-electron chi connectivity index (χ2n) is 6.56. The normalized spacial score (nSPS) is 18.6. The van der Waals surface area contributed by atoms with Crippen LogP contribution in [0.5, 0.6) is 0 Å². The van der Waals surface area contributed by atoms with E-state index in [1.54, 1.807) is 12.1 Å². The Morgan fingerprint density at radius 2 is 1.65 bits per heavy atom. The minimum atomic E-state index is -0.399. The van der Waals surface area contributed by atoms with Gasteiger partial charge in [0.2, 0.25) is 0 Å². The first-order chi connectivity index (χ1) is 12.6. The molecular weight excluding hydrogens is 332 g/mol. The third-order valence-corrected chi connectivity index (χ3v) is 5.29. The van der Waals surface area contributed by atoms with E-state index in [2.05, 4.69) is 36.9 Å². The van der Waals surface area contributed by atoms with Gasteiger partial charge in [-0.2, -0.15) is 0 Å². The van der Waals surface area contributed by atoms with Gasteiger partial charge in [0.05, 0.1) is 24.1 Å². The molecule has 0 bridgehead atoms. The highest BCUT2D eigenvalue weighted by Crippen LogP contribution is 2.49. The summed E-state index contributed by atoms with van der Waals surface area (Å²) in [6.07, 6.45) is -0.399. The molecule has 0 N–H and O–H groups in total. The molecule has 1 fully saturated rings. The minimum absolute atomic E-state index is 0.100. The van der Waals surface area contributed by atoms with Crippen LogP contribution in [0.3, 0.4) is 0 Å². The molecule has 1 aliphatic carbocycles. The number of rotatable bonds is 5. The number of nitrogens with zero attached hydrogens (tertiary/aromatic N) is 2. The molecule has 4 rings (SSSR count). The molecule has 1 heterocycles. The first-order valence-corrected chi connectivity index (χ1v) is 9.04. The van der Waals surface area contributed by atoms with Gasteiger partial charge in [-0.1, -0.05) is 6.07 Å². The van der Waals surface area contributed by atoms with Gasteiger partial charge >= 0.3 is 0 Å². The van der Waals surface area contributed by atoms with E-state index >= 15 is 0 Å². The SMILES string of the molecule is CCN(CC)c1ccc2c(c1)C(C1OCCO1)c1cc([N+](=O)[O-])ccc1-2. The van der Waals surface area contributed by atoms with Gasteiger partial charge in [0, 0.05) is 30.9 Å². The second kappa shape index (κ2) is 6.70. The Bertz CT molecular complexity index is 842. The smallest absolute Gasteiger partial charge is 0.269 e. The van der Waals surface area contributed by atoms with Crippen molar-refractivity contribution < 1.29 is 14.4 Å². The Balaban J connectivity index is 1.86. The highest BCUT2D eigenvalue weighted by molar-refractivity contribution is 5.82. The van der Waals surface area contributed by atoms with Gasteiger partial charge in [-0.25, -0.2) is 0 Å². The average molecular weight is 354 g/mol. The number of hydrogen-bond donors (Lipinski definition) is 0. The van der Waals surface area contributed by atoms with E-state index in [0.29, 0.717) is 13.2 Å². The lowest BCUT2D eigenvalue weighted by molar-refractivity contribution is -0.384. The molecule has 1 saturated heterocycles. The van der Waals surface area contributed by atoms with Gasteiger partial charge < -0.3 is 14.4 Å². The predicted molar refractivity (Wildman–Crippen MR) is 99.6 cm³/mol. The van der Waals surface area contributed by atoms with Crippen LogP contribution in [0.25, 0.3) is 11.1 Å². The summed E-state index contributed by atoms with van der Waals surface area (Å²) in [6, 6.07) is 11.5. The summed E-state index contributed by atoms with van der Waals surface area (Å²) in [5.74, 6) is -0.141. The van der Waals surface area contributed by atoms with Crippen molar-refractivity contribution in [2.24, 2.45) is 0 Å². The van der Waals surface area contributed by atoms with Crippen molar-refractivity contribution >= 4 is 11.4 Å². The van der Waals surface area contributed by atoms with E-state index in [1.165, 1.54) is 0 Å². The number of nitro benzene ring substituents is 1. The Morgan fingerprint density at radius 3 is 2.27 bits per heavy atom. The van der Waals surface area contributed by atoms with Gasteiger partial charge in [-0.15, -0.1) is 0 Å². The summed E-state index contributed by atoms with van der Waals surface area (Å²) in [5, 5.41) is 11.3. The van der Waals surface area contributed by atoms with Crippen LogP contribution in [0.1, 0.15) is 30.9 Å². The molecule has 1 aliphatic heterocycles. The Labute approximate surface area is 152 Å². The maximum atomic E-state index is 11.3. The number of benzene rings is 2. The fourth-order valence-electron chi connectivity index (χ4n) is 4.03. The Kier molecular flexibility index (Phi) is 4.38. The van der Waals surface area contributed by atoms with Gasteiger partial charge in [-0.3, -0.25) is 10.1 Å². The van der Waals surface area contributed by atoms with Crippen LogP contribution in [0.15, 0.2) is 36.4 Å². The Morgan fingerprint density at radius 1 is 1.04 bits per heavy atom. The molecular formula is C20H22N2O4. The van der Waals surface area contributed by atoms with E-state index in [4.69, 9.17) is 9.47 Å².